The number of carbonyl (C=O) groups is 1. The number of aromatic nitrogens is 2. The minimum absolute atomic E-state index is 0.0133. The van der Waals surface area contributed by atoms with Gasteiger partial charge in [0.05, 0.1) is 18.8 Å². The Morgan fingerprint density at radius 2 is 2.14 bits per heavy atom. The third-order valence-electron chi connectivity index (χ3n) is 5.35. The highest BCUT2D eigenvalue weighted by atomic mass is 16.5. The third-order valence-corrected chi connectivity index (χ3v) is 5.35. The van der Waals surface area contributed by atoms with Crippen molar-refractivity contribution in [3.8, 4) is 11.5 Å². The lowest BCUT2D eigenvalue weighted by atomic mass is 10.0. The number of amides is 1. The molecule has 1 aromatic carbocycles. The van der Waals surface area contributed by atoms with Gasteiger partial charge in [0, 0.05) is 31.3 Å². The molecule has 0 saturated carbocycles. The van der Waals surface area contributed by atoms with Gasteiger partial charge in [-0.3, -0.25) is 4.79 Å². The maximum absolute atomic E-state index is 12.6. The first-order chi connectivity index (χ1) is 13.7. The van der Waals surface area contributed by atoms with Crippen molar-refractivity contribution in [1.29, 1.82) is 0 Å². The molecule has 4 rings (SSSR count). The molecule has 0 unspecified atom stereocenters. The predicted octanol–water partition coefficient (Wildman–Crippen LogP) is 2.26. The summed E-state index contributed by atoms with van der Waals surface area (Å²) in [6.07, 6.45) is 6.15. The van der Waals surface area contributed by atoms with Crippen LogP contribution in [-0.4, -0.2) is 47.6 Å². The van der Waals surface area contributed by atoms with Crippen molar-refractivity contribution >= 4 is 5.91 Å². The standard InChI is InChI=1S/C21H26N4O3/c1-27-18-7-2-3-8-19(18)28-14-20(26)25-11-9-16-15(13-25)12-23-21(24-16)17-6-4-5-10-22-17/h2-3,7-8,12,17,22H,4-6,9-11,13-14H2,1H3/t17-/m1/s1. The van der Waals surface area contributed by atoms with E-state index >= 15 is 0 Å². The summed E-state index contributed by atoms with van der Waals surface area (Å²) in [7, 11) is 1.59. The van der Waals surface area contributed by atoms with Gasteiger partial charge in [0.2, 0.25) is 0 Å². The van der Waals surface area contributed by atoms with E-state index in [4.69, 9.17) is 14.5 Å². The van der Waals surface area contributed by atoms with Crippen LogP contribution in [0.25, 0.3) is 0 Å². The van der Waals surface area contributed by atoms with Gasteiger partial charge in [-0.15, -0.1) is 0 Å². The van der Waals surface area contributed by atoms with Crippen LogP contribution in [0.5, 0.6) is 11.5 Å². The van der Waals surface area contributed by atoms with Gasteiger partial charge in [0.25, 0.3) is 5.91 Å². The number of benzene rings is 1. The molecule has 7 heteroatoms. The van der Waals surface area contributed by atoms with Gasteiger partial charge < -0.3 is 19.7 Å². The zero-order chi connectivity index (χ0) is 19.3. The van der Waals surface area contributed by atoms with Crippen LogP contribution in [0.15, 0.2) is 30.5 Å². The fraction of sp³-hybridized carbons (Fsp3) is 0.476. The summed E-state index contributed by atoms with van der Waals surface area (Å²) >= 11 is 0. The molecule has 7 nitrogen and oxygen atoms in total. The fourth-order valence-electron chi connectivity index (χ4n) is 3.75. The Kier molecular flexibility index (Phi) is 5.71. The molecule has 0 bridgehead atoms. The molecule has 2 aliphatic heterocycles. The van der Waals surface area contributed by atoms with E-state index in [1.165, 1.54) is 12.8 Å². The Hall–Kier alpha value is -2.67. The zero-order valence-electron chi connectivity index (χ0n) is 16.2. The number of carbonyl (C=O) groups excluding carboxylic acids is 1. The SMILES string of the molecule is COc1ccccc1OCC(=O)N1CCc2nc([C@H]3CCCCN3)ncc2C1. The molecule has 1 fully saturated rings. The van der Waals surface area contributed by atoms with Crippen LogP contribution in [-0.2, 0) is 17.8 Å². The minimum atomic E-state index is -0.0467. The van der Waals surface area contributed by atoms with E-state index in [2.05, 4.69) is 10.3 Å². The number of fused-ring (bicyclic) bond motifs is 1. The quantitative estimate of drug-likeness (QED) is 0.855. The predicted molar refractivity (Wildman–Crippen MR) is 104 cm³/mol. The lowest BCUT2D eigenvalue weighted by molar-refractivity contribution is -0.134. The highest BCUT2D eigenvalue weighted by Crippen LogP contribution is 2.26. The van der Waals surface area contributed by atoms with Crippen molar-refractivity contribution in [2.45, 2.75) is 38.3 Å². The topological polar surface area (TPSA) is 76.6 Å². The molecule has 2 aromatic rings. The molecule has 1 amide bonds. The Morgan fingerprint density at radius 3 is 2.93 bits per heavy atom. The number of ether oxygens (including phenoxy) is 2. The molecule has 1 atom stereocenters. The van der Waals surface area contributed by atoms with Crippen LogP contribution in [0.1, 0.15) is 42.4 Å². The number of rotatable bonds is 5. The third kappa shape index (κ3) is 4.09. The van der Waals surface area contributed by atoms with Crippen LogP contribution in [0.2, 0.25) is 0 Å². The minimum Gasteiger partial charge on any atom is -0.493 e. The number of para-hydroxylation sites is 2. The number of hydrogen-bond donors (Lipinski definition) is 1. The van der Waals surface area contributed by atoms with Gasteiger partial charge >= 0.3 is 0 Å². The second kappa shape index (κ2) is 8.56. The molecule has 0 aliphatic carbocycles. The molecule has 3 heterocycles. The van der Waals surface area contributed by atoms with Crippen molar-refractivity contribution in [1.82, 2.24) is 20.2 Å². The summed E-state index contributed by atoms with van der Waals surface area (Å²) in [6, 6.07) is 7.59. The Bertz CT molecular complexity index is 836. The van der Waals surface area contributed by atoms with E-state index in [-0.39, 0.29) is 18.6 Å². The number of methoxy groups -OCH3 is 1. The molecular weight excluding hydrogens is 356 g/mol. The molecule has 2 aliphatic rings. The first-order valence-electron chi connectivity index (χ1n) is 9.86. The van der Waals surface area contributed by atoms with Gasteiger partial charge in [-0.25, -0.2) is 9.97 Å². The summed E-state index contributed by atoms with van der Waals surface area (Å²) in [4.78, 5) is 23.8. The van der Waals surface area contributed by atoms with Crippen LogP contribution >= 0.6 is 0 Å². The second-order valence-electron chi connectivity index (χ2n) is 7.21. The lowest BCUT2D eigenvalue weighted by Crippen LogP contribution is -2.39. The lowest BCUT2D eigenvalue weighted by Gasteiger charge is -2.29. The largest absolute Gasteiger partial charge is 0.493 e. The molecule has 0 radical (unpaired) electrons. The Labute approximate surface area is 165 Å². The van der Waals surface area contributed by atoms with E-state index in [1.807, 2.05) is 24.4 Å². The number of hydrogen-bond acceptors (Lipinski definition) is 6. The normalized spacial score (nSPS) is 19.0. The number of nitrogens with zero attached hydrogens (tertiary/aromatic N) is 3. The van der Waals surface area contributed by atoms with Crippen LogP contribution in [0.3, 0.4) is 0 Å². The van der Waals surface area contributed by atoms with Crippen molar-refractivity contribution in [3.05, 3.63) is 47.5 Å². The van der Waals surface area contributed by atoms with E-state index in [0.717, 1.165) is 36.5 Å². The van der Waals surface area contributed by atoms with E-state index in [0.29, 0.717) is 24.6 Å². The van der Waals surface area contributed by atoms with Gasteiger partial charge in [-0.2, -0.15) is 0 Å². The maximum atomic E-state index is 12.6. The number of piperidine rings is 1. The van der Waals surface area contributed by atoms with E-state index in [1.54, 1.807) is 18.1 Å². The first-order valence-corrected chi connectivity index (χ1v) is 9.86. The van der Waals surface area contributed by atoms with Crippen molar-refractivity contribution in [2.75, 3.05) is 26.8 Å². The number of nitrogens with one attached hydrogen (secondary N) is 1. The molecule has 148 valence electrons. The van der Waals surface area contributed by atoms with E-state index in [9.17, 15) is 4.79 Å². The molecule has 1 saturated heterocycles. The van der Waals surface area contributed by atoms with Gasteiger partial charge in [0.15, 0.2) is 18.1 Å². The van der Waals surface area contributed by atoms with Crippen molar-refractivity contribution in [3.63, 3.8) is 0 Å². The monoisotopic (exact) mass is 382 g/mol. The Morgan fingerprint density at radius 1 is 1.29 bits per heavy atom. The Balaban J connectivity index is 1.37. The summed E-state index contributed by atoms with van der Waals surface area (Å²) in [5.74, 6) is 2.03. The average molecular weight is 382 g/mol. The smallest absolute Gasteiger partial charge is 0.260 e. The first kappa shape index (κ1) is 18.7. The molecule has 1 aromatic heterocycles. The maximum Gasteiger partial charge on any atom is 0.260 e. The van der Waals surface area contributed by atoms with Crippen LogP contribution in [0, 0.1) is 0 Å². The van der Waals surface area contributed by atoms with Gasteiger partial charge in [-0.05, 0) is 31.5 Å². The highest BCUT2D eigenvalue weighted by Gasteiger charge is 2.25. The molecule has 1 N–H and O–H groups in total. The van der Waals surface area contributed by atoms with Crippen molar-refractivity contribution < 1.29 is 14.3 Å². The zero-order valence-corrected chi connectivity index (χ0v) is 16.2. The molecule has 0 spiro atoms. The van der Waals surface area contributed by atoms with Gasteiger partial charge in [-0.1, -0.05) is 18.6 Å². The summed E-state index contributed by atoms with van der Waals surface area (Å²) in [5.41, 5.74) is 2.09. The van der Waals surface area contributed by atoms with Gasteiger partial charge in [0.1, 0.15) is 5.82 Å². The summed E-state index contributed by atoms with van der Waals surface area (Å²) in [5, 5.41) is 3.49. The summed E-state index contributed by atoms with van der Waals surface area (Å²) < 4.78 is 10.9. The summed E-state index contributed by atoms with van der Waals surface area (Å²) in [6.45, 7) is 2.19. The van der Waals surface area contributed by atoms with Crippen LogP contribution in [0.4, 0.5) is 0 Å². The molecule has 28 heavy (non-hydrogen) atoms. The highest BCUT2D eigenvalue weighted by molar-refractivity contribution is 5.78. The fourth-order valence-corrected chi connectivity index (χ4v) is 3.75. The van der Waals surface area contributed by atoms with Crippen molar-refractivity contribution in [2.24, 2.45) is 0 Å². The van der Waals surface area contributed by atoms with Crippen LogP contribution < -0.4 is 14.8 Å². The van der Waals surface area contributed by atoms with E-state index < -0.39 is 0 Å². The second-order valence-corrected chi connectivity index (χ2v) is 7.21. The average Bonchev–Trinajstić information content (AvgIpc) is 2.77. The molecular formula is C21H26N4O3.